The number of hydrogen-bond acceptors (Lipinski definition) is 6. The molecule has 3 fully saturated rings. The van der Waals surface area contributed by atoms with Crippen molar-refractivity contribution in [2.24, 2.45) is 29.6 Å². The Labute approximate surface area is 204 Å². The smallest absolute Gasteiger partial charge is 0.305 e. The minimum atomic E-state index is -0.341. The lowest BCUT2D eigenvalue weighted by Gasteiger charge is -2.43. The van der Waals surface area contributed by atoms with Gasteiger partial charge in [-0.05, 0) is 49.3 Å². The quantitative estimate of drug-likeness (QED) is 0.527. The van der Waals surface area contributed by atoms with Crippen molar-refractivity contribution in [2.75, 3.05) is 4.90 Å². The number of para-hydroxylation sites is 1. The van der Waals surface area contributed by atoms with Gasteiger partial charge in [0.2, 0.25) is 11.8 Å². The molecule has 3 aromatic rings. The Morgan fingerprint density at radius 2 is 1.68 bits per heavy atom. The first kappa shape index (κ1) is 20.5. The van der Waals surface area contributed by atoms with Crippen molar-refractivity contribution < 1.29 is 14.7 Å². The number of carbonyl (C=O) groups excluding carboxylic acids is 2. The molecule has 2 amide bonds. The zero-order valence-corrected chi connectivity index (χ0v) is 19.9. The summed E-state index contributed by atoms with van der Waals surface area (Å²) >= 11 is 2.86. The minimum absolute atomic E-state index is 0.0364. The number of carbonyl (C=O) groups is 2. The van der Waals surface area contributed by atoms with Gasteiger partial charge < -0.3 is 10.1 Å². The van der Waals surface area contributed by atoms with Gasteiger partial charge in [0, 0.05) is 21.6 Å². The molecule has 0 radical (unpaired) electrons. The number of H-pyrrole nitrogens is 1. The van der Waals surface area contributed by atoms with Crippen molar-refractivity contribution in [3.8, 4) is 5.75 Å². The van der Waals surface area contributed by atoms with Gasteiger partial charge in [0.1, 0.15) is 5.75 Å². The predicted octanol–water partition coefficient (Wildman–Crippen LogP) is 4.13. The van der Waals surface area contributed by atoms with E-state index in [1.54, 1.807) is 23.9 Å². The Balaban J connectivity index is 1.34. The molecule has 0 unspecified atom stereocenters. The largest absolute Gasteiger partial charge is 0.508 e. The number of imide groups is 1. The highest BCUT2D eigenvalue weighted by Crippen LogP contribution is 2.69. The minimum Gasteiger partial charge on any atom is -0.508 e. The second kappa shape index (κ2) is 7.09. The van der Waals surface area contributed by atoms with Crippen LogP contribution >= 0.6 is 23.1 Å². The van der Waals surface area contributed by atoms with Gasteiger partial charge in [-0.2, -0.15) is 0 Å². The van der Waals surface area contributed by atoms with Crippen molar-refractivity contribution >= 4 is 40.6 Å². The Hall–Kier alpha value is -2.84. The maximum atomic E-state index is 13.7. The first-order valence-corrected chi connectivity index (χ1v) is 13.3. The zero-order chi connectivity index (χ0) is 23.3. The van der Waals surface area contributed by atoms with Crippen LogP contribution < -0.4 is 9.77 Å². The van der Waals surface area contributed by atoms with Crippen LogP contribution in [0.15, 0.2) is 58.4 Å². The van der Waals surface area contributed by atoms with E-state index in [1.807, 2.05) is 43.3 Å². The lowest BCUT2D eigenvalue weighted by Crippen LogP contribution is -2.42. The summed E-state index contributed by atoms with van der Waals surface area (Å²) in [4.78, 5) is 44.8. The summed E-state index contributed by atoms with van der Waals surface area (Å²) in [7, 11) is 0. The monoisotopic (exact) mass is 490 g/mol. The molecule has 2 aliphatic heterocycles. The molecule has 0 spiro atoms. The van der Waals surface area contributed by atoms with Gasteiger partial charge >= 0.3 is 4.87 Å². The number of thioether (sulfide) groups is 1. The summed E-state index contributed by atoms with van der Waals surface area (Å²) in [6.45, 7) is 1.98. The summed E-state index contributed by atoms with van der Waals surface area (Å²) in [6.07, 6.45) is 0.833. The van der Waals surface area contributed by atoms with Crippen LogP contribution in [-0.2, 0) is 9.59 Å². The number of nitrogens with one attached hydrogen (secondary N) is 1. The van der Waals surface area contributed by atoms with Gasteiger partial charge in [0.05, 0.1) is 22.5 Å². The van der Waals surface area contributed by atoms with Crippen LogP contribution in [-0.4, -0.2) is 27.2 Å². The second-order valence-corrected chi connectivity index (χ2v) is 12.1. The standard InChI is InChI=1S/C26H22N2O4S2/c1-11-6-8-12(9-7-11)28-24(30)19-14-10-15(20(19)25(28)31)21-18(14)17(13-4-2-3-5-16(13)29)22-23(33-21)27-26(32)34-22/h2-9,14-15,17-21,29H,10H2,1H3,(H,27,32)/t14-,15-,17+,18+,19+,20+,21-/m1/s1. The number of thiazole rings is 1. The topological polar surface area (TPSA) is 90.5 Å². The molecule has 172 valence electrons. The fourth-order valence-electron chi connectivity index (χ4n) is 7.06. The average Bonchev–Trinajstić information content (AvgIpc) is 3.54. The van der Waals surface area contributed by atoms with Crippen molar-refractivity contribution in [3.63, 3.8) is 0 Å². The van der Waals surface area contributed by atoms with E-state index >= 15 is 0 Å². The molecule has 8 heteroatoms. The molecular formula is C26H22N2O4S2. The normalized spacial score (nSPS) is 33.2. The number of anilines is 1. The van der Waals surface area contributed by atoms with E-state index in [4.69, 9.17) is 0 Å². The Morgan fingerprint density at radius 1 is 0.971 bits per heavy atom. The van der Waals surface area contributed by atoms with Crippen LogP contribution in [0.5, 0.6) is 5.75 Å². The highest BCUT2D eigenvalue weighted by atomic mass is 32.2. The predicted molar refractivity (Wildman–Crippen MR) is 130 cm³/mol. The Bertz CT molecular complexity index is 1410. The van der Waals surface area contributed by atoms with Crippen LogP contribution in [0.1, 0.15) is 28.3 Å². The molecule has 2 N–H and O–H groups in total. The zero-order valence-electron chi connectivity index (χ0n) is 18.3. The Kier molecular flexibility index (Phi) is 4.28. The van der Waals surface area contributed by atoms with Gasteiger partial charge in [-0.15, -0.1) is 11.8 Å². The first-order chi connectivity index (χ1) is 16.4. The number of aromatic nitrogens is 1. The van der Waals surface area contributed by atoms with Gasteiger partial charge in [-0.3, -0.25) is 19.3 Å². The number of fused-ring (bicyclic) bond motifs is 9. The van der Waals surface area contributed by atoms with E-state index < -0.39 is 0 Å². The summed E-state index contributed by atoms with van der Waals surface area (Å²) in [5.74, 6) is -0.615. The summed E-state index contributed by atoms with van der Waals surface area (Å²) in [5, 5.41) is 11.7. The maximum Gasteiger partial charge on any atom is 0.305 e. The van der Waals surface area contributed by atoms with E-state index in [9.17, 15) is 19.5 Å². The van der Waals surface area contributed by atoms with Crippen molar-refractivity contribution in [3.05, 3.63) is 74.2 Å². The number of rotatable bonds is 2. The third-order valence-corrected chi connectivity index (χ3v) is 10.9. The van der Waals surface area contributed by atoms with Gasteiger partial charge in [0.15, 0.2) is 0 Å². The second-order valence-electron chi connectivity index (χ2n) is 9.87. The van der Waals surface area contributed by atoms with E-state index in [0.29, 0.717) is 5.69 Å². The van der Waals surface area contributed by atoms with Crippen molar-refractivity contribution in [2.45, 2.75) is 29.5 Å². The maximum absolute atomic E-state index is 13.7. The molecule has 3 heterocycles. The summed E-state index contributed by atoms with van der Waals surface area (Å²) in [6, 6.07) is 14.9. The van der Waals surface area contributed by atoms with Gasteiger partial charge in [-0.25, -0.2) is 0 Å². The molecule has 7 atom stereocenters. The number of phenolic OH excluding ortho intramolecular Hbond substituents is 1. The fraction of sp³-hybridized carbons (Fsp3) is 0.346. The number of hydrogen-bond donors (Lipinski definition) is 2. The lowest BCUT2D eigenvalue weighted by atomic mass is 9.68. The molecular weight excluding hydrogens is 468 g/mol. The number of aromatic amines is 1. The van der Waals surface area contributed by atoms with Crippen molar-refractivity contribution in [1.29, 1.82) is 0 Å². The fourth-order valence-corrected chi connectivity index (χ4v) is 9.94. The van der Waals surface area contributed by atoms with E-state index in [1.165, 1.54) is 16.2 Å². The molecule has 2 saturated carbocycles. The third kappa shape index (κ3) is 2.61. The Morgan fingerprint density at radius 3 is 2.41 bits per heavy atom. The number of amides is 2. The van der Waals surface area contributed by atoms with Crippen molar-refractivity contribution in [1.82, 2.24) is 4.98 Å². The molecule has 34 heavy (non-hydrogen) atoms. The summed E-state index contributed by atoms with van der Waals surface area (Å²) in [5.41, 5.74) is 2.52. The number of aryl methyl sites for hydroxylation is 1. The highest BCUT2D eigenvalue weighted by Gasteiger charge is 2.69. The van der Waals surface area contributed by atoms with E-state index in [-0.39, 0.29) is 63.2 Å². The molecule has 4 aliphatic rings. The lowest BCUT2D eigenvalue weighted by molar-refractivity contribution is -0.123. The van der Waals surface area contributed by atoms with Gasteiger partial charge in [-0.1, -0.05) is 47.2 Å². The number of nitrogens with zero attached hydrogens (tertiary/aromatic N) is 1. The summed E-state index contributed by atoms with van der Waals surface area (Å²) < 4.78 is 0. The van der Waals surface area contributed by atoms with Crippen LogP contribution in [0, 0.1) is 36.5 Å². The molecule has 1 aromatic heterocycles. The SMILES string of the molecule is Cc1ccc(N2C(=O)[C@H]3[C@H]4C[C@@H]([C@@H]3C2=O)[C@H]2[C@H](c3ccccc3O)c3sc(=O)[nH]c3S[C@H]42)cc1. The number of aromatic hydroxyl groups is 1. The van der Waals surface area contributed by atoms with Gasteiger partial charge in [0.25, 0.3) is 0 Å². The molecule has 2 bridgehead atoms. The molecule has 2 aliphatic carbocycles. The average molecular weight is 491 g/mol. The van der Waals surface area contributed by atoms with Crippen LogP contribution in [0.4, 0.5) is 5.69 Å². The molecule has 1 saturated heterocycles. The van der Waals surface area contributed by atoms with Crippen LogP contribution in [0.25, 0.3) is 0 Å². The van der Waals surface area contributed by atoms with E-state index in [0.717, 1.165) is 27.5 Å². The highest BCUT2D eigenvalue weighted by molar-refractivity contribution is 8.00. The molecule has 2 aromatic carbocycles. The molecule has 6 nitrogen and oxygen atoms in total. The molecule has 7 rings (SSSR count). The number of phenols is 1. The third-order valence-electron chi connectivity index (χ3n) is 8.29. The van der Waals surface area contributed by atoms with Crippen LogP contribution in [0.3, 0.4) is 0 Å². The first-order valence-electron chi connectivity index (χ1n) is 11.6. The number of benzene rings is 2. The van der Waals surface area contributed by atoms with E-state index in [2.05, 4.69) is 4.98 Å². The van der Waals surface area contributed by atoms with Crippen LogP contribution in [0.2, 0.25) is 0 Å².